The highest BCUT2D eigenvalue weighted by atomic mass is 16.5. The average Bonchev–Trinajstić information content (AvgIpc) is 2.33. The van der Waals surface area contributed by atoms with E-state index in [0.29, 0.717) is 18.1 Å². The van der Waals surface area contributed by atoms with Gasteiger partial charge in [-0.3, -0.25) is 0 Å². The lowest BCUT2D eigenvalue weighted by atomic mass is 10.1. The van der Waals surface area contributed by atoms with Gasteiger partial charge in [0.2, 0.25) is 5.88 Å². The second-order valence-corrected chi connectivity index (χ2v) is 4.64. The minimum absolute atomic E-state index is 0.491. The van der Waals surface area contributed by atoms with Crippen LogP contribution in [0.15, 0.2) is 6.07 Å². The monoisotopic (exact) mass is 246 g/mol. The molecule has 0 saturated heterocycles. The summed E-state index contributed by atoms with van der Waals surface area (Å²) in [5, 5.41) is 9.09. The van der Waals surface area contributed by atoms with Gasteiger partial charge in [0.25, 0.3) is 0 Å². The summed E-state index contributed by atoms with van der Waals surface area (Å²) < 4.78 is 5.64. The maximum absolute atomic E-state index is 9.09. The van der Waals surface area contributed by atoms with Crippen LogP contribution in [0.25, 0.3) is 0 Å². The first kappa shape index (κ1) is 14.5. The van der Waals surface area contributed by atoms with Crippen LogP contribution >= 0.6 is 0 Å². The Morgan fingerprint density at radius 3 is 2.61 bits per heavy atom. The molecule has 0 aliphatic heterocycles. The van der Waals surface area contributed by atoms with Gasteiger partial charge in [0.1, 0.15) is 11.6 Å². The molecule has 0 aliphatic carbocycles. The zero-order chi connectivity index (χ0) is 13.4. The molecule has 1 aromatic rings. The van der Waals surface area contributed by atoms with E-state index >= 15 is 0 Å². The third kappa shape index (κ3) is 4.37. The SMILES string of the molecule is CCCCCCCOc1nc(C)cc(C)c1C#N. The van der Waals surface area contributed by atoms with Gasteiger partial charge in [-0.2, -0.15) is 5.26 Å². The van der Waals surface area contributed by atoms with Crippen LogP contribution < -0.4 is 4.74 Å². The number of hydrogen-bond donors (Lipinski definition) is 0. The minimum atomic E-state index is 0.491. The second-order valence-electron chi connectivity index (χ2n) is 4.64. The molecule has 0 spiro atoms. The molecule has 0 unspecified atom stereocenters. The molecule has 3 nitrogen and oxygen atoms in total. The molecule has 98 valence electrons. The smallest absolute Gasteiger partial charge is 0.232 e. The van der Waals surface area contributed by atoms with Crippen molar-refractivity contribution in [3.63, 3.8) is 0 Å². The lowest BCUT2D eigenvalue weighted by Gasteiger charge is -2.09. The van der Waals surface area contributed by atoms with Crippen LogP contribution in [0.1, 0.15) is 55.8 Å². The molecule has 0 atom stereocenters. The highest BCUT2D eigenvalue weighted by Crippen LogP contribution is 2.20. The van der Waals surface area contributed by atoms with Crippen LogP contribution in [0.2, 0.25) is 0 Å². The first-order valence-electron chi connectivity index (χ1n) is 6.70. The van der Waals surface area contributed by atoms with Crippen molar-refractivity contribution in [2.75, 3.05) is 6.61 Å². The molecule has 0 bridgehead atoms. The van der Waals surface area contributed by atoms with Gasteiger partial charge in [-0.1, -0.05) is 32.6 Å². The van der Waals surface area contributed by atoms with E-state index in [-0.39, 0.29) is 0 Å². The van der Waals surface area contributed by atoms with Crippen molar-refractivity contribution < 1.29 is 4.74 Å². The average molecular weight is 246 g/mol. The summed E-state index contributed by atoms with van der Waals surface area (Å²) in [6.45, 7) is 6.69. The Labute approximate surface area is 110 Å². The lowest BCUT2D eigenvalue weighted by molar-refractivity contribution is 0.292. The molecule has 1 heterocycles. The predicted octanol–water partition coefficient (Wildman–Crippen LogP) is 3.92. The number of rotatable bonds is 7. The molecule has 0 amide bonds. The van der Waals surface area contributed by atoms with Gasteiger partial charge in [0.15, 0.2) is 0 Å². The fraction of sp³-hybridized carbons (Fsp3) is 0.600. The zero-order valence-electron chi connectivity index (χ0n) is 11.6. The van der Waals surface area contributed by atoms with Gasteiger partial charge >= 0.3 is 0 Å². The Morgan fingerprint density at radius 2 is 1.94 bits per heavy atom. The topological polar surface area (TPSA) is 45.9 Å². The number of aromatic nitrogens is 1. The Kier molecular flexibility index (Phi) is 6.21. The van der Waals surface area contributed by atoms with E-state index in [1.54, 1.807) is 0 Å². The minimum Gasteiger partial charge on any atom is -0.477 e. The first-order valence-corrected chi connectivity index (χ1v) is 6.70. The van der Waals surface area contributed by atoms with Gasteiger partial charge in [-0.05, 0) is 31.9 Å². The molecule has 0 N–H and O–H groups in total. The van der Waals surface area contributed by atoms with Crippen molar-refractivity contribution in [3.05, 3.63) is 22.9 Å². The first-order chi connectivity index (χ1) is 8.69. The normalized spacial score (nSPS) is 10.1. The maximum Gasteiger partial charge on any atom is 0.232 e. The van der Waals surface area contributed by atoms with Gasteiger partial charge in [0.05, 0.1) is 6.61 Å². The number of unbranched alkanes of at least 4 members (excludes halogenated alkanes) is 4. The van der Waals surface area contributed by atoms with E-state index in [0.717, 1.165) is 17.7 Å². The molecule has 0 aliphatic rings. The molecule has 1 aromatic heterocycles. The van der Waals surface area contributed by atoms with Gasteiger partial charge in [-0.15, -0.1) is 0 Å². The Bertz CT molecular complexity index is 421. The Balaban J connectivity index is 2.49. The van der Waals surface area contributed by atoms with E-state index < -0.39 is 0 Å². The number of hydrogen-bond acceptors (Lipinski definition) is 3. The molecule has 0 fully saturated rings. The summed E-state index contributed by atoms with van der Waals surface area (Å²) in [5.74, 6) is 0.491. The third-order valence-electron chi connectivity index (χ3n) is 2.91. The number of nitrogens with zero attached hydrogens (tertiary/aromatic N) is 2. The molecule has 1 rings (SSSR count). The second kappa shape index (κ2) is 7.71. The number of nitriles is 1. The van der Waals surface area contributed by atoms with E-state index in [1.807, 2.05) is 19.9 Å². The van der Waals surface area contributed by atoms with E-state index in [4.69, 9.17) is 10.00 Å². The van der Waals surface area contributed by atoms with Gasteiger partial charge < -0.3 is 4.74 Å². The Morgan fingerprint density at radius 1 is 1.22 bits per heavy atom. The van der Waals surface area contributed by atoms with Crippen LogP contribution in [0.4, 0.5) is 0 Å². The summed E-state index contributed by atoms with van der Waals surface area (Å²) in [7, 11) is 0. The molecule has 18 heavy (non-hydrogen) atoms. The van der Waals surface area contributed by atoms with Crippen molar-refractivity contribution in [3.8, 4) is 11.9 Å². The van der Waals surface area contributed by atoms with E-state index in [2.05, 4.69) is 18.0 Å². The van der Waals surface area contributed by atoms with Crippen molar-refractivity contribution >= 4 is 0 Å². The fourth-order valence-corrected chi connectivity index (χ4v) is 1.92. The molecule has 0 saturated carbocycles. The van der Waals surface area contributed by atoms with Crippen LogP contribution in [0.5, 0.6) is 5.88 Å². The summed E-state index contributed by atoms with van der Waals surface area (Å²) in [6.07, 6.45) is 5.99. The molecular formula is C15H22N2O. The highest BCUT2D eigenvalue weighted by molar-refractivity contribution is 5.45. The summed E-state index contributed by atoms with van der Waals surface area (Å²) in [5.41, 5.74) is 2.40. The summed E-state index contributed by atoms with van der Waals surface area (Å²) >= 11 is 0. The maximum atomic E-state index is 9.09. The fourth-order valence-electron chi connectivity index (χ4n) is 1.92. The summed E-state index contributed by atoms with van der Waals surface area (Å²) in [4.78, 5) is 4.29. The molecular weight excluding hydrogens is 224 g/mol. The molecule has 3 heteroatoms. The van der Waals surface area contributed by atoms with Crippen molar-refractivity contribution in [1.82, 2.24) is 4.98 Å². The lowest BCUT2D eigenvalue weighted by Crippen LogP contribution is -2.03. The highest BCUT2D eigenvalue weighted by Gasteiger charge is 2.09. The van der Waals surface area contributed by atoms with Crippen molar-refractivity contribution in [1.29, 1.82) is 5.26 Å². The number of pyridine rings is 1. The van der Waals surface area contributed by atoms with E-state index in [9.17, 15) is 0 Å². The molecule has 0 radical (unpaired) electrons. The van der Waals surface area contributed by atoms with Crippen LogP contribution in [-0.2, 0) is 0 Å². The zero-order valence-corrected chi connectivity index (χ0v) is 11.6. The van der Waals surface area contributed by atoms with Crippen molar-refractivity contribution in [2.45, 2.75) is 52.9 Å². The van der Waals surface area contributed by atoms with Crippen LogP contribution in [0, 0.1) is 25.2 Å². The standard InChI is InChI=1S/C15H22N2O/c1-4-5-6-7-8-9-18-15-14(11-16)12(2)10-13(3)17-15/h10H,4-9H2,1-3H3. The number of aryl methyl sites for hydroxylation is 2. The predicted molar refractivity (Wildman–Crippen MR) is 72.7 cm³/mol. The van der Waals surface area contributed by atoms with Gasteiger partial charge in [0, 0.05) is 5.69 Å². The van der Waals surface area contributed by atoms with Crippen LogP contribution in [-0.4, -0.2) is 11.6 Å². The molecule has 0 aromatic carbocycles. The van der Waals surface area contributed by atoms with E-state index in [1.165, 1.54) is 25.7 Å². The Hall–Kier alpha value is -1.56. The third-order valence-corrected chi connectivity index (χ3v) is 2.91. The van der Waals surface area contributed by atoms with Crippen LogP contribution in [0.3, 0.4) is 0 Å². The largest absolute Gasteiger partial charge is 0.477 e. The summed E-state index contributed by atoms with van der Waals surface area (Å²) in [6, 6.07) is 4.07. The quantitative estimate of drug-likeness (QED) is 0.685. The van der Waals surface area contributed by atoms with Gasteiger partial charge in [-0.25, -0.2) is 4.98 Å². The number of ether oxygens (including phenoxy) is 1. The van der Waals surface area contributed by atoms with Crippen molar-refractivity contribution in [2.24, 2.45) is 0 Å².